The van der Waals surface area contributed by atoms with Gasteiger partial charge in [0, 0.05) is 6.08 Å². The van der Waals surface area contributed by atoms with Crippen LogP contribution in [0.25, 0.3) is 16.8 Å². The summed E-state index contributed by atoms with van der Waals surface area (Å²) in [7, 11) is 3.15. The molecule has 0 aliphatic heterocycles. The smallest absolute Gasteiger partial charge is 0.336 e. The normalized spacial score (nSPS) is 10.8. The first kappa shape index (κ1) is 16.6. The number of esters is 1. The quantitative estimate of drug-likeness (QED) is 0.392. The molecule has 25 heavy (non-hydrogen) atoms. The summed E-state index contributed by atoms with van der Waals surface area (Å²) < 4.78 is 15.8. The second-order valence-corrected chi connectivity index (χ2v) is 5.38. The van der Waals surface area contributed by atoms with Gasteiger partial charge in [0.15, 0.2) is 11.5 Å². The van der Waals surface area contributed by atoms with E-state index in [1.807, 2.05) is 42.5 Å². The van der Waals surface area contributed by atoms with E-state index in [0.717, 1.165) is 16.3 Å². The van der Waals surface area contributed by atoms with E-state index in [-0.39, 0.29) is 0 Å². The lowest BCUT2D eigenvalue weighted by molar-refractivity contribution is -0.128. The summed E-state index contributed by atoms with van der Waals surface area (Å²) in [4.78, 5) is 12.0. The van der Waals surface area contributed by atoms with E-state index in [4.69, 9.17) is 14.2 Å². The van der Waals surface area contributed by atoms with Gasteiger partial charge in [0.2, 0.25) is 0 Å². The Morgan fingerprint density at radius 1 is 0.840 bits per heavy atom. The first-order chi connectivity index (χ1) is 12.2. The van der Waals surface area contributed by atoms with Gasteiger partial charge in [-0.05, 0) is 46.7 Å². The molecule has 4 heteroatoms. The van der Waals surface area contributed by atoms with Gasteiger partial charge in [0.05, 0.1) is 14.2 Å². The summed E-state index contributed by atoms with van der Waals surface area (Å²) in [5.41, 5.74) is 0.813. The molecule has 0 saturated heterocycles. The maximum absolute atomic E-state index is 12.0. The second-order valence-electron chi connectivity index (χ2n) is 5.38. The lowest BCUT2D eigenvalue weighted by Gasteiger charge is -2.07. The molecule has 0 atom stereocenters. The molecule has 0 N–H and O–H groups in total. The molecule has 3 rings (SSSR count). The van der Waals surface area contributed by atoms with Crippen LogP contribution in [0.1, 0.15) is 5.56 Å². The van der Waals surface area contributed by atoms with Crippen LogP contribution in [0.15, 0.2) is 66.7 Å². The average Bonchev–Trinajstić information content (AvgIpc) is 2.66. The van der Waals surface area contributed by atoms with Gasteiger partial charge in [0.25, 0.3) is 0 Å². The maximum Gasteiger partial charge on any atom is 0.336 e. The topological polar surface area (TPSA) is 44.8 Å². The lowest BCUT2D eigenvalue weighted by atomic mass is 10.1. The monoisotopic (exact) mass is 334 g/mol. The minimum absolute atomic E-state index is 0.440. The zero-order valence-corrected chi connectivity index (χ0v) is 14.1. The highest BCUT2D eigenvalue weighted by Crippen LogP contribution is 2.28. The van der Waals surface area contributed by atoms with Crippen LogP contribution in [0.5, 0.6) is 17.2 Å². The zero-order valence-electron chi connectivity index (χ0n) is 14.1. The van der Waals surface area contributed by atoms with Gasteiger partial charge >= 0.3 is 5.97 Å². The third kappa shape index (κ3) is 3.98. The summed E-state index contributed by atoms with van der Waals surface area (Å²) in [5.74, 6) is 1.32. The number of carbonyl (C=O) groups is 1. The van der Waals surface area contributed by atoms with E-state index in [1.165, 1.54) is 6.08 Å². The molecule has 0 heterocycles. The summed E-state index contributed by atoms with van der Waals surface area (Å²) in [5, 5.41) is 2.12. The van der Waals surface area contributed by atoms with Crippen molar-refractivity contribution in [1.82, 2.24) is 0 Å². The van der Waals surface area contributed by atoms with Crippen LogP contribution in [0.3, 0.4) is 0 Å². The summed E-state index contributed by atoms with van der Waals surface area (Å²) in [6.07, 6.45) is 3.06. The van der Waals surface area contributed by atoms with Crippen LogP contribution in [0.4, 0.5) is 0 Å². The molecule has 0 aromatic heterocycles. The molecule has 0 spiro atoms. The van der Waals surface area contributed by atoms with Crippen LogP contribution in [-0.2, 0) is 4.79 Å². The lowest BCUT2D eigenvalue weighted by Crippen LogP contribution is -2.03. The first-order valence-corrected chi connectivity index (χ1v) is 7.80. The number of carbonyl (C=O) groups excluding carboxylic acids is 1. The van der Waals surface area contributed by atoms with Crippen molar-refractivity contribution in [3.8, 4) is 17.2 Å². The molecule has 4 nitrogen and oxygen atoms in total. The maximum atomic E-state index is 12.0. The van der Waals surface area contributed by atoms with E-state index in [1.54, 1.807) is 38.5 Å². The molecule has 0 aliphatic carbocycles. The summed E-state index contributed by atoms with van der Waals surface area (Å²) >= 11 is 0. The first-order valence-electron chi connectivity index (χ1n) is 7.80. The molecule has 3 aromatic carbocycles. The Kier molecular flexibility index (Phi) is 5.00. The average molecular weight is 334 g/mol. The van der Waals surface area contributed by atoms with Crippen LogP contribution in [-0.4, -0.2) is 20.2 Å². The standard InChI is InChI=1S/C21H18O4/c1-23-19-11-7-15(13-20(19)24-2)8-12-21(22)25-18-10-9-16-5-3-4-6-17(16)14-18/h3-14H,1-2H3. The second kappa shape index (κ2) is 7.53. The number of ether oxygens (including phenoxy) is 3. The van der Waals surface area contributed by atoms with Crippen molar-refractivity contribution < 1.29 is 19.0 Å². The van der Waals surface area contributed by atoms with Crippen molar-refractivity contribution >= 4 is 22.8 Å². The molecular formula is C21H18O4. The summed E-state index contributed by atoms with van der Waals surface area (Å²) in [6.45, 7) is 0. The molecule has 3 aromatic rings. The van der Waals surface area contributed by atoms with Crippen LogP contribution < -0.4 is 14.2 Å². The molecule has 0 unspecified atom stereocenters. The van der Waals surface area contributed by atoms with Crippen molar-refractivity contribution in [2.75, 3.05) is 14.2 Å². The van der Waals surface area contributed by atoms with Gasteiger partial charge in [-0.15, -0.1) is 0 Å². The van der Waals surface area contributed by atoms with Crippen molar-refractivity contribution in [1.29, 1.82) is 0 Å². The molecule has 0 fully saturated rings. The molecule has 0 radical (unpaired) electrons. The number of hydrogen-bond acceptors (Lipinski definition) is 4. The third-order valence-electron chi connectivity index (χ3n) is 3.76. The van der Waals surface area contributed by atoms with Crippen molar-refractivity contribution in [3.05, 3.63) is 72.3 Å². The number of methoxy groups -OCH3 is 2. The number of benzene rings is 3. The van der Waals surface area contributed by atoms with Crippen LogP contribution >= 0.6 is 0 Å². The Hall–Kier alpha value is -3.27. The van der Waals surface area contributed by atoms with Crippen molar-refractivity contribution in [2.45, 2.75) is 0 Å². The van der Waals surface area contributed by atoms with Crippen LogP contribution in [0, 0.1) is 0 Å². The van der Waals surface area contributed by atoms with Gasteiger partial charge in [0.1, 0.15) is 5.75 Å². The fourth-order valence-corrected chi connectivity index (χ4v) is 2.50. The van der Waals surface area contributed by atoms with Crippen molar-refractivity contribution in [3.63, 3.8) is 0 Å². The molecular weight excluding hydrogens is 316 g/mol. The fraction of sp³-hybridized carbons (Fsp3) is 0.0952. The third-order valence-corrected chi connectivity index (χ3v) is 3.76. The van der Waals surface area contributed by atoms with Crippen LogP contribution in [0.2, 0.25) is 0 Å². The molecule has 126 valence electrons. The van der Waals surface area contributed by atoms with E-state index < -0.39 is 5.97 Å². The molecule has 0 aliphatic rings. The number of fused-ring (bicyclic) bond motifs is 1. The van der Waals surface area contributed by atoms with E-state index in [2.05, 4.69) is 0 Å². The predicted octanol–water partition coefficient (Wildman–Crippen LogP) is 4.48. The van der Waals surface area contributed by atoms with E-state index in [0.29, 0.717) is 17.2 Å². The Labute approximate surface area is 146 Å². The highest BCUT2D eigenvalue weighted by Gasteiger charge is 2.05. The van der Waals surface area contributed by atoms with Gasteiger partial charge in [-0.1, -0.05) is 36.4 Å². The SMILES string of the molecule is COc1ccc(C=CC(=O)Oc2ccc3ccccc3c2)cc1OC. The van der Waals surface area contributed by atoms with Gasteiger partial charge < -0.3 is 14.2 Å². The van der Waals surface area contributed by atoms with E-state index >= 15 is 0 Å². The Bertz CT molecular complexity index is 928. The zero-order chi connectivity index (χ0) is 17.6. The highest BCUT2D eigenvalue weighted by molar-refractivity contribution is 5.90. The molecule has 0 amide bonds. The Morgan fingerprint density at radius 2 is 1.60 bits per heavy atom. The molecule has 0 saturated carbocycles. The largest absolute Gasteiger partial charge is 0.493 e. The van der Waals surface area contributed by atoms with Gasteiger partial charge in [-0.25, -0.2) is 4.79 Å². The Balaban J connectivity index is 1.71. The Morgan fingerprint density at radius 3 is 2.36 bits per heavy atom. The fourth-order valence-electron chi connectivity index (χ4n) is 2.50. The van der Waals surface area contributed by atoms with Gasteiger partial charge in [-0.2, -0.15) is 0 Å². The highest BCUT2D eigenvalue weighted by atomic mass is 16.5. The minimum Gasteiger partial charge on any atom is -0.493 e. The predicted molar refractivity (Wildman–Crippen MR) is 98.2 cm³/mol. The molecule has 0 bridgehead atoms. The minimum atomic E-state index is -0.440. The summed E-state index contributed by atoms with van der Waals surface area (Å²) in [6, 6.07) is 18.9. The van der Waals surface area contributed by atoms with E-state index in [9.17, 15) is 4.79 Å². The van der Waals surface area contributed by atoms with Gasteiger partial charge in [-0.3, -0.25) is 0 Å². The van der Waals surface area contributed by atoms with Crippen molar-refractivity contribution in [2.24, 2.45) is 0 Å². The number of hydrogen-bond donors (Lipinski definition) is 0. The number of rotatable bonds is 5.